The standard InChI is InChI=1S/C25H48O4Si/c1-23(2,3)30(8,9)29-22-14-12-16-25(6)19(21(26)17-20(22)25)13-10-11-15-24(4,5)28-18-27-7/h13,20-22,26H,10-12,14-18H2,1-9H3/b19-13+/t20-,21+,22-,25+/m0/s1. The van der Waals surface area contributed by atoms with Crippen molar-refractivity contribution in [3.05, 3.63) is 11.6 Å². The second-order valence-electron chi connectivity index (χ2n) is 11.9. The molecule has 0 aromatic heterocycles. The number of aliphatic hydroxyl groups excluding tert-OH is 1. The monoisotopic (exact) mass is 440 g/mol. The van der Waals surface area contributed by atoms with Crippen molar-refractivity contribution >= 4 is 8.32 Å². The maximum absolute atomic E-state index is 11.0. The SMILES string of the molecule is COCOC(C)(C)CCC/C=C1\[C@H](O)C[C@H]2[C@@H](O[Si](C)(C)C(C)(C)C)CCC[C@]12C. The molecule has 0 aliphatic heterocycles. The summed E-state index contributed by atoms with van der Waals surface area (Å²) in [7, 11) is -0.160. The van der Waals surface area contributed by atoms with Gasteiger partial charge in [0.2, 0.25) is 0 Å². The smallest absolute Gasteiger partial charge is 0.192 e. The van der Waals surface area contributed by atoms with Gasteiger partial charge in [0.1, 0.15) is 6.79 Å². The molecule has 2 aliphatic carbocycles. The van der Waals surface area contributed by atoms with Crippen molar-refractivity contribution in [3.63, 3.8) is 0 Å². The molecule has 30 heavy (non-hydrogen) atoms. The molecule has 2 aliphatic rings. The predicted octanol–water partition coefficient (Wildman–Crippen LogP) is 6.44. The molecule has 1 N–H and O–H groups in total. The van der Waals surface area contributed by atoms with Crippen molar-refractivity contribution in [2.24, 2.45) is 11.3 Å². The first kappa shape index (κ1) is 26.1. The summed E-state index contributed by atoms with van der Waals surface area (Å²) < 4.78 is 17.7. The Hall–Kier alpha value is -0.203. The van der Waals surface area contributed by atoms with E-state index in [0.717, 1.165) is 32.1 Å². The van der Waals surface area contributed by atoms with Gasteiger partial charge in [-0.3, -0.25) is 0 Å². The van der Waals surface area contributed by atoms with E-state index in [-0.39, 0.29) is 28.3 Å². The van der Waals surface area contributed by atoms with Crippen LogP contribution in [0.5, 0.6) is 0 Å². The number of hydrogen-bond donors (Lipinski definition) is 1. The first-order chi connectivity index (χ1) is 13.7. The number of hydrogen-bond acceptors (Lipinski definition) is 4. The highest BCUT2D eigenvalue weighted by molar-refractivity contribution is 6.74. The molecule has 0 radical (unpaired) electrons. The molecule has 0 amide bonds. The van der Waals surface area contributed by atoms with E-state index >= 15 is 0 Å². The Kier molecular flexibility index (Phi) is 8.46. The topological polar surface area (TPSA) is 47.9 Å². The zero-order valence-corrected chi connectivity index (χ0v) is 22.1. The fourth-order valence-corrected chi connectivity index (χ4v) is 6.52. The molecule has 0 heterocycles. The van der Waals surface area contributed by atoms with Crippen LogP contribution in [0.25, 0.3) is 0 Å². The number of unbranched alkanes of at least 4 members (excludes halogenated alkanes) is 1. The van der Waals surface area contributed by atoms with Crippen molar-refractivity contribution in [1.82, 2.24) is 0 Å². The summed E-state index contributed by atoms with van der Waals surface area (Å²) in [6.07, 6.45) is 9.67. The highest BCUT2D eigenvalue weighted by atomic mass is 28.4. The lowest BCUT2D eigenvalue weighted by Gasteiger charge is -2.47. The molecular formula is C25H48O4Si. The van der Waals surface area contributed by atoms with Crippen LogP contribution in [0, 0.1) is 11.3 Å². The van der Waals surface area contributed by atoms with Crippen LogP contribution in [0.4, 0.5) is 0 Å². The highest BCUT2D eigenvalue weighted by Gasteiger charge is 2.54. The fourth-order valence-electron chi connectivity index (χ4n) is 5.13. The van der Waals surface area contributed by atoms with Gasteiger partial charge in [-0.15, -0.1) is 0 Å². The third-order valence-corrected chi connectivity index (χ3v) is 12.6. The molecule has 4 atom stereocenters. The zero-order valence-electron chi connectivity index (χ0n) is 21.1. The lowest BCUT2D eigenvalue weighted by atomic mass is 9.66. The maximum Gasteiger partial charge on any atom is 0.192 e. The van der Waals surface area contributed by atoms with Gasteiger partial charge < -0.3 is 19.0 Å². The Bertz CT molecular complexity index is 592. The van der Waals surface area contributed by atoms with E-state index in [4.69, 9.17) is 13.9 Å². The van der Waals surface area contributed by atoms with Gasteiger partial charge in [0, 0.05) is 13.2 Å². The van der Waals surface area contributed by atoms with Crippen LogP contribution in [-0.4, -0.2) is 45.1 Å². The number of rotatable bonds is 9. The maximum atomic E-state index is 11.0. The van der Waals surface area contributed by atoms with Crippen LogP contribution >= 0.6 is 0 Å². The van der Waals surface area contributed by atoms with E-state index in [1.54, 1.807) is 7.11 Å². The van der Waals surface area contributed by atoms with Crippen molar-refractivity contribution in [3.8, 4) is 0 Å². The van der Waals surface area contributed by atoms with Gasteiger partial charge >= 0.3 is 0 Å². The van der Waals surface area contributed by atoms with Gasteiger partial charge in [-0.25, -0.2) is 0 Å². The molecular weight excluding hydrogens is 392 g/mol. The van der Waals surface area contributed by atoms with Crippen molar-refractivity contribution in [2.45, 2.75) is 122 Å². The van der Waals surface area contributed by atoms with E-state index in [0.29, 0.717) is 12.7 Å². The van der Waals surface area contributed by atoms with Crippen molar-refractivity contribution in [2.75, 3.05) is 13.9 Å². The van der Waals surface area contributed by atoms with Crippen LogP contribution in [0.1, 0.15) is 86.5 Å². The van der Waals surface area contributed by atoms with Crippen molar-refractivity contribution < 1.29 is 19.0 Å². The zero-order chi connectivity index (χ0) is 22.8. The fraction of sp³-hybridized carbons (Fsp3) is 0.920. The summed E-state index contributed by atoms with van der Waals surface area (Å²) in [4.78, 5) is 0. The lowest BCUT2D eigenvalue weighted by Crippen LogP contribution is -2.49. The van der Waals surface area contributed by atoms with E-state index in [9.17, 15) is 5.11 Å². The first-order valence-electron chi connectivity index (χ1n) is 11.9. The van der Waals surface area contributed by atoms with E-state index < -0.39 is 8.32 Å². The minimum Gasteiger partial charge on any atom is -0.414 e. The van der Waals surface area contributed by atoms with Crippen LogP contribution in [0.3, 0.4) is 0 Å². The normalized spacial score (nSPS) is 31.9. The molecule has 2 fully saturated rings. The van der Waals surface area contributed by atoms with E-state index in [1.807, 2.05) is 0 Å². The predicted molar refractivity (Wildman–Crippen MR) is 127 cm³/mol. The summed E-state index contributed by atoms with van der Waals surface area (Å²) >= 11 is 0. The van der Waals surface area contributed by atoms with Crippen LogP contribution in [0.15, 0.2) is 11.6 Å². The minimum absolute atomic E-state index is 0.0762. The molecule has 2 saturated carbocycles. The molecule has 176 valence electrons. The van der Waals surface area contributed by atoms with Gasteiger partial charge in [0.25, 0.3) is 0 Å². The van der Waals surface area contributed by atoms with Gasteiger partial charge in [-0.05, 0) is 87.4 Å². The summed E-state index contributed by atoms with van der Waals surface area (Å²) in [5, 5.41) is 11.2. The third-order valence-electron chi connectivity index (χ3n) is 8.11. The van der Waals surface area contributed by atoms with Gasteiger partial charge in [-0.2, -0.15) is 0 Å². The van der Waals surface area contributed by atoms with Crippen LogP contribution in [0.2, 0.25) is 18.1 Å². The Morgan fingerprint density at radius 2 is 1.87 bits per heavy atom. The van der Waals surface area contributed by atoms with Gasteiger partial charge in [-0.1, -0.05) is 40.2 Å². The molecule has 0 aromatic carbocycles. The molecule has 4 nitrogen and oxygen atoms in total. The number of allylic oxidation sites excluding steroid dienone is 1. The molecule has 0 bridgehead atoms. The summed E-state index contributed by atoms with van der Waals surface area (Å²) in [6.45, 7) is 18.6. The number of methoxy groups -OCH3 is 1. The van der Waals surface area contributed by atoms with Crippen molar-refractivity contribution in [1.29, 1.82) is 0 Å². The average molecular weight is 441 g/mol. The first-order valence-corrected chi connectivity index (χ1v) is 14.8. The second kappa shape index (κ2) is 9.74. The number of aliphatic hydroxyl groups is 1. The van der Waals surface area contributed by atoms with Crippen LogP contribution in [-0.2, 0) is 13.9 Å². The third kappa shape index (κ3) is 5.98. The van der Waals surface area contributed by atoms with Gasteiger partial charge in [0.15, 0.2) is 8.32 Å². The number of ether oxygens (including phenoxy) is 2. The highest BCUT2D eigenvalue weighted by Crippen LogP contribution is 2.57. The summed E-state index contributed by atoms with van der Waals surface area (Å²) in [5.41, 5.74) is 1.17. The van der Waals surface area contributed by atoms with E-state index in [1.165, 1.54) is 18.4 Å². The molecule has 0 spiro atoms. The molecule has 0 aromatic rings. The molecule has 2 rings (SSSR count). The summed E-state index contributed by atoms with van der Waals surface area (Å²) in [6, 6.07) is 0. The molecule has 0 saturated heterocycles. The molecule has 5 heteroatoms. The van der Waals surface area contributed by atoms with E-state index in [2.05, 4.69) is 60.7 Å². The Balaban J connectivity index is 2.05. The Labute approximate surface area is 186 Å². The van der Waals surface area contributed by atoms with Crippen LogP contribution < -0.4 is 0 Å². The second-order valence-corrected chi connectivity index (χ2v) is 16.7. The average Bonchev–Trinajstić information content (AvgIpc) is 2.87. The largest absolute Gasteiger partial charge is 0.414 e. The minimum atomic E-state index is -1.82. The number of fused-ring (bicyclic) bond motifs is 1. The lowest BCUT2D eigenvalue weighted by molar-refractivity contribution is -0.117. The quantitative estimate of drug-likeness (QED) is 0.194. The Morgan fingerprint density at radius 3 is 2.47 bits per heavy atom. The summed E-state index contributed by atoms with van der Waals surface area (Å²) in [5.74, 6) is 0.433. The molecule has 0 unspecified atom stereocenters. The van der Waals surface area contributed by atoms with Gasteiger partial charge in [0.05, 0.1) is 11.7 Å². The Morgan fingerprint density at radius 1 is 1.20 bits per heavy atom.